The number of hydrogen-bond acceptors (Lipinski definition) is 7. The number of aromatic nitrogens is 2. The predicted molar refractivity (Wildman–Crippen MR) is 86.4 cm³/mol. The molecular weight excluding hydrogens is 476 g/mol. The van der Waals surface area contributed by atoms with Gasteiger partial charge in [0.15, 0.2) is 20.0 Å². The Morgan fingerprint density at radius 1 is 1.17 bits per heavy atom. The fourth-order valence-corrected chi connectivity index (χ4v) is 2.98. The molecule has 0 amide bonds. The number of alkyl halides is 6. The monoisotopic (exact) mass is 491 g/mol. The van der Waals surface area contributed by atoms with Crippen molar-refractivity contribution in [3.8, 4) is 6.01 Å². The van der Waals surface area contributed by atoms with Crippen molar-refractivity contribution in [3.63, 3.8) is 0 Å². The summed E-state index contributed by atoms with van der Waals surface area (Å²) in [5, 5.41) is 9.23. The van der Waals surface area contributed by atoms with Crippen LogP contribution in [0.1, 0.15) is 13.3 Å². The fourth-order valence-electron chi connectivity index (χ4n) is 1.27. The first kappa shape index (κ1) is 27.7. The first-order chi connectivity index (χ1) is 13.3. The molecular formula is C12H15F6N3O7S2. The van der Waals surface area contributed by atoms with Crippen molar-refractivity contribution in [1.29, 1.82) is 0 Å². The Balaban J connectivity index is 0.000000561. The number of imidazole rings is 1. The molecule has 10 nitrogen and oxygen atoms in total. The molecule has 0 spiro atoms. The Labute approximate surface area is 166 Å². The molecule has 174 valence electrons. The van der Waals surface area contributed by atoms with E-state index < -0.39 is 31.1 Å². The molecule has 0 aliphatic carbocycles. The number of esters is 1. The summed E-state index contributed by atoms with van der Waals surface area (Å²) in [6.07, 6.45) is 4.00. The minimum atomic E-state index is -6.72. The summed E-state index contributed by atoms with van der Waals surface area (Å²) < 4.78 is 116. The molecule has 0 aliphatic heterocycles. The molecule has 2 N–H and O–H groups in total. The second kappa shape index (κ2) is 10.1. The molecule has 1 heterocycles. The second-order valence-electron chi connectivity index (χ2n) is 5.16. The van der Waals surface area contributed by atoms with Crippen LogP contribution < -0.4 is 4.57 Å². The van der Waals surface area contributed by atoms with Gasteiger partial charge in [0.25, 0.3) is 0 Å². The van der Waals surface area contributed by atoms with Crippen LogP contribution >= 0.6 is 0 Å². The number of carbonyl (C=O) groups is 1. The lowest BCUT2D eigenvalue weighted by Gasteiger charge is -2.22. The van der Waals surface area contributed by atoms with Gasteiger partial charge in [-0.1, -0.05) is 6.58 Å². The quantitative estimate of drug-likeness (QED) is 0.193. The molecule has 0 saturated heterocycles. The Kier molecular flexibility index (Phi) is 9.33. The number of halogens is 6. The van der Waals surface area contributed by atoms with Gasteiger partial charge in [0.2, 0.25) is 0 Å². The summed E-state index contributed by atoms with van der Waals surface area (Å²) >= 11 is 0. The van der Waals surface area contributed by atoms with Crippen LogP contribution in [0.2, 0.25) is 0 Å². The van der Waals surface area contributed by atoms with Crippen molar-refractivity contribution in [2.45, 2.75) is 30.9 Å². The van der Waals surface area contributed by atoms with Gasteiger partial charge in [-0.3, -0.25) is 0 Å². The largest absolute Gasteiger partial charge is 0.480 e. The topological polar surface area (TPSA) is 149 Å². The molecule has 0 bridgehead atoms. The van der Waals surface area contributed by atoms with Crippen molar-refractivity contribution in [2.24, 2.45) is 0 Å². The molecule has 0 aromatic carbocycles. The molecule has 1 rings (SSSR count). The van der Waals surface area contributed by atoms with Crippen molar-refractivity contribution in [1.82, 2.24) is 4.98 Å². The van der Waals surface area contributed by atoms with Crippen LogP contribution in [0.15, 0.2) is 24.5 Å². The van der Waals surface area contributed by atoms with Crippen LogP contribution in [0.5, 0.6) is 6.01 Å². The Hall–Kier alpha value is -2.34. The number of nitrogens with one attached hydrogen (secondary N) is 1. The Bertz CT molecular complexity index is 910. The van der Waals surface area contributed by atoms with Crippen LogP contribution in [0, 0.1) is 0 Å². The normalized spacial score (nSPS) is 12.6. The van der Waals surface area contributed by atoms with Crippen LogP contribution in [0.3, 0.4) is 0 Å². The van der Waals surface area contributed by atoms with Gasteiger partial charge in [-0.05, 0) is 6.92 Å². The molecule has 0 unspecified atom stereocenters. The Morgan fingerprint density at radius 3 is 1.97 bits per heavy atom. The van der Waals surface area contributed by atoms with Gasteiger partial charge < -0.3 is 14.0 Å². The van der Waals surface area contributed by atoms with E-state index in [1.54, 1.807) is 23.9 Å². The average molecular weight is 491 g/mol. The molecule has 0 atom stereocenters. The highest BCUT2D eigenvalue weighted by Crippen LogP contribution is 2.36. The van der Waals surface area contributed by atoms with E-state index in [1.165, 1.54) is 0 Å². The third-order valence-electron chi connectivity index (χ3n) is 2.65. The van der Waals surface area contributed by atoms with E-state index in [9.17, 15) is 53.1 Å². The van der Waals surface area contributed by atoms with Gasteiger partial charge in [-0.2, -0.15) is 30.9 Å². The first-order valence-corrected chi connectivity index (χ1v) is 10.1. The van der Waals surface area contributed by atoms with Crippen LogP contribution in [-0.2, 0) is 36.1 Å². The van der Waals surface area contributed by atoms with Crippen molar-refractivity contribution >= 4 is 26.0 Å². The van der Waals surface area contributed by atoms with E-state index >= 15 is 0 Å². The number of H-pyrrole nitrogens is 1. The van der Waals surface area contributed by atoms with Crippen LogP contribution in [-0.4, -0.2) is 50.5 Å². The molecule has 0 aliphatic rings. The second-order valence-corrected chi connectivity index (χ2v) is 8.59. The van der Waals surface area contributed by atoms with Crippen molar-refractivity contribution in [3.05, 3.63) is 28.7 Å². The van der Waals surface area contributed by atoms with Crippen molar-refractivity contribution in [2.75, 3.05) is 6.61 Å². The minimum absolute atomic E-state index is 0.0984. The summed E-state index contributed by atoms with van der Waals surface area (Å²) in [6, 6.07) is 0.0984. The zero-order valence-electron chi connectivity index (χ0n) is 14.9. The maximum Gasteiger partial charge on any atom is 0.480 e. The van der Waals surface area contributed by atoms with Crippen LogP contribution in [0.25, 0.3) is 4.13 Å². The smallest absolute Gasteiger partial charge is 0.462 e. The summed E-state index contributed by atoms with van der Waals surface area (Å²) in [4.78, 5) is 13.6. The predicted octanol–water partition coefficient (Wildman–Crippen LogP) is 1.58. The van der Waals surface area contributed by atoms with Gasteiger partial charge in [0, 0.05) is 12.0 Å². The minimum Gasteiger partial charge on any atom is -0.462 e. The highest BCUT2D eigenvalue weighted by molar-refractivity contribution is 8.13. The van der Waals surface area contributed by atoms with Gasteiger partial charge in [-0.25, -0.2) is 26.6 Å². The van der Waals surface area contributed by atoms with E-state index in [-0.39, 0.29) is 12.0 Å². The van der Waals surface area contributed by atoms with E-state index in [1.807, 2.05) is 0 Å². The maximum absolute atomic E-state index is 11.4. The number of rotatable bonds is 7. The average Bonchev–Trinajstić information content (AvgIpc) is 2.94. The summed E-state index contributed by atoms with van der Waals surface area (Å²) in [5.41, 5.74) is -12.0. The van der Waals surface area contributed by atoms with E-state index in [4.69, 9.17) is 4.74 Å². The number of aromatic amines is 1. The highest BCUT2D eigenvalue weighted by atomic mass is 32.3. The molecule has 0 saturated carbocycles. The molecule has 0 fully saturated rings. The number of nitrogens with zero attached hydrogens (tertiary/aromatic N) is 2. The lowest BCUT2D eigenvalue weighted by atomic mass is 10.3. The number of aryl methyl sites for hydroxylation is 1. The first-order valence-electron chi connectivity index (χ1n) is 7.27. The molecule has 18 heteroatoms. The third kappa shape index (κ3) is 8.57. The van der Waals surface area contributed by atoms with Gasteiger partial charge >= 0.3 is 23.0 Å². The molecule has 1 aromatic rings. The van der Waals surface area contributed by atoms with Crippen LogP contribution in [0.4, 0.5) is 26.3 Å². The number of ether oxygens (including phenoxy) is 1. The van der Waals surface area contributed by atoms with Gasteiger partial charge in [0.1, 0.15) is 12.4 Å². The molecule has 0 radical (unpaired) electrons. The number of hydrogen-bond donors (Lipinski definition) is 2. The van der Waals surface area contributed by atoms with E-state index in [0.717, 1.165) is 4.13 Å². The number of aromatic hydroxyl groups is 1. The summed E-state index contributed by atoms with van der Waals surface area (Å²) in [6.45, 7) is 6.00. The molecule has 1 aromatic heterocycles. The molecule has 30 heavy (non-hydrogen) atoms. The third-order valence-corrected chi connectivity index (χ3v) is 5.39. The number of carbonyl (C=O) groups excluding carboxylic acids is 1. The Morgan fingerprint density at radius 2 is 1.63 bits per heavy atom. The van der Waals surface area contributed by atoms with E-state index in [0.29, 0.717) is 25.1 Å². The standard InChI is InChI=1S/C10H14N2O3.C2F6NO4S2/c1-8(2)9(13)15-7-3-5-12-6-4-11-10(12)14;3-1(4,5)14(10,11)9-15(12,13)2(6,7)8/h4,6H,1,3,5,7H2,2H3,(H,11,14);/q;-1/p+1. The SMILES string of the molecule is C=C(C)C(=O)OCCC[n+]1cc[nH]c1O.O=S(=O)([N-]S(=O)(=O)C(F)(F)F)C(F)(F)F. The lowest BCUT2D eigenvalue weighted by molar-refractivity contribution is -0.701. The van der Waals surface area contributed by atoms with Gasteiger partial charge in [-0.15, -0.1) is 0 Å². The zero-order chi connectivity index (χ0) is 24.0. The fraction of sp³-hybridized carbons (Fsp3) is 0.500. The lowest BCUT2D eigenvalue weighted by Crippen LogP contribution is -2.32. The van der Waals surface area contributed by atoms with E-state index in [2.05, 4.69) is 11.6 Å². The maximum atomic E-state index is 11.4. The van der Waals surface area contributed by atoms with Crippen molar-refractivity contribution < 1.29 is 62.4 Å². The summed E-state index contributed by atoms with van der Waals surface area (Å²) in [5.74, 6) is -0.377. The highest BCUT2D eigenvalue weighted by Gasteiger charge is 2.46. The zero-order valence-corrected chi connectivity index (χ0v) is 16.5. The number of sulfonamides is 2. The summed E-state index contributed by atoms with van der Waals surface area (Å²) in [7, 11) is -13.4. The van der Waals surface area contributed by atoms with Gasteiger partial charge in [0.05, 0.1) is 13.2 Å².